The highest BCUT2D eigenvalue weighted by molar-refractivity contribution is 7.17. The number of piperazine rings is 1. The Bertz CT molecular complexity index is 710. The molecule has 3 heterocycles. The number of nitrogens with zero attached hydrogens (tertiary/aromatic N) is 4. The van der Waals surface area contributed by atoms with Gasteiger partial charge in [-0.15, -0.1) is 11.3 Å². The number of fused-ring (bicyclic) bond motifs is 1. The molecule has 7 nitrogen and oxygen atoms in total. The van der Waals surface area contributed by atoms with E-state index in [9.17, 15) is 4.79 Å². The first-order valence-electron chi connectivity index (χ1n) is 8.22. The summed E-state index contributed by atoms with van der Waals surface area (Å²) in [6.07, 6.45) is 0.893. The molecule has 2 aromatic rings. The third-order valence-corrected chi connectivity index (χ3v) is 5.11. The first kappa shape index (κ1) is 16.9. The van der Waals surface area contributed by atoms with Gasteiger partial charge in [0.15, 0.2) is 0 Å². The van der Waals surface area contributed by atoms with Crippen LogP contribution in [0.1, 0.15) is 25.3 Å². The topological polar surface area (TPSA) is 81.6 Å². The molecule has 2 N–H and O–H groups in total. The van der Waals surface area contributed by atoms with Gasteiger partial charge in [0.2, 0.25) is 12.4 Å². The number of carbonyl (C=O) groups is 1. The van der Waals surface area contributed by atoms with Crippen molar-refractivity contribution in [2.45, 2.75) is 19.8 Å². The van der Waals surface area contributed by atoms with Crippen LogP contribution < -0.4 is 10.2 Å². The van der Waals surface area contributed by atoms with Crippen LogP contribution in [0.25, 0.3) is 10.2 Å². The number of rotatable bonds is 6. The summed E-state index contributed by atoms with van der Waals surface area (Å²) in [5.41, 5.74) is 1.23. The van der Waals surface area contributed by atoms with Crippen LogP contribution in [0.2, 0.25) is 0 Å². The maximum atomic E-state index is 10.9. The Morgan fingerprint density at radius 3 is 2.71 bits per heavy atom. The van der Waals surface area contributed by atoms with E-state index in [4.69, 9.17) is 15.1 Å². The summed E-state index contributed by atoms with van der Waals surface area (Å²) in [7, 11) is 0. The van der Waals surface area contributed by atoms with E-state index in [0.29, 0.717) is 31.5 Å². The number of aliphatic hydroxyl groups excluding tert-OH is 1. The number of hydrogen-bond acceptors (Lipinski definition) is 7. The third kappa shape index (κ3) is 3.29. The Morgan fingerprint density at radius 1 is 1.33 bits per heavy atom. The molecule has 1 fully saturated rings. The molecule has 0 aromatic carbocycles. The minimum absolute atomic E-state index is 0.0555. The van der Waals surface area contributed by atoms with Crippen molar-refractivity contribution >= 4 is 39.7 Å². The van der Waals surface area contributed by atoms with Gasteiger partial charge in [-0.3, -0.25) is 4.79 Å². The molecule has 0 radical (unpaired) electrons. The summed E-state index contributed by atoms with van der Waals surface area (Å²) < 4.78 is 0. The van der Waals surface area contributed by atoms with Crippen molar-refractivity contribution in [1.29, 1.82) is 0 Å². The second-order valence-corrected chi connectivity index (χ2v) is 7.04. The molecule has 1 amide bonds. The second kappa shape index (κ2) is 7.31. The number of anilines is 2. The molecule has 0 unspecified atom stereocenters. The van der Waals surface area contributed by atoms with Gasteiger partial charge in [0.05, 0.1) is 12.0 Å². The van der Waals surface area contributed by atoms with Crippen LogP contribution in [0, 0.1) is 0 Å². The van der Waals surface area contributed by atoms with E-state index in [0.717, 1.165) is 35.5 Å². The molecule has 2 aromatic heterocycles. The molecule has 0 aliphatic carbocycles. The lowest BCUT2D eigenvalue weighted by atomic mass is 10.0. The van der Waals surface area contributed by atoms with E-state index in [1.807, 2.05) is 0 Å². The monoisotopic (exact) mass is 349 g/mol. The second-order valence-electron chi connectivity index (χ2n) is 6.18. The van der Waals surface area contributed by atoms with Gasteiger partial charge in [-0.25, -0.2) is 4.98 Å². The van der Waals surface area contributed by atoms with Crippen LogP contribution in [0.15, 0.2) is 5.38 Å². The van der Waals surface area contributed by atoms with Crippen LogP contribution in [0.3, 0.4) is 0 Å². The molecule has 8 heteroatoms. The van der Waals surface area contributed by atoms with Gasteiger partial charge >= 0.3 is 0 Å². The van der Waals surface area contributed by atoms with E-state index < -0.39 is 0 Å². The van der Waals surface area contributed by atoms with Gasteiger partial charge in [0.25, 0.3) is 0 Å². The number of aliphatic hydroxyl groups is 1. The number of aromatic nitrogens is 2. The molecule has 1 aliphatic heterocycles. The number of thiophene rings is 1. The lowest BCUT2D eigenvalue weighted by Crippen LogP contribution is -2.46. The SMILES string of the molecule is CC(C)c1csc2nc(N3CCN(C=O)CC3)nc(NCCO)c12. The van der Waals surface area contributed by atoms with E-state index >= 15 is 0 Å². The van der Waals surface area contributed by atoms with Crippen LogP contribution in [0.4, 0.5) is 11.8 Å². The fourth-order valence-corrected chi connectivity index (χ4v) is 3.94. The standard InChI is InChI=1S/C16H23N5O2S/c1-11(2)12-9-24-15-13(12)14(17-3-8-22)18-16(19-15)21-6-4-20(10-23)5-7-21/h9-11,22H,3-8H2,1-2H3,(H,17,18,19). The first-order chi connectivity index (χ1) is 11.6. The molecular formula is C16H23N5O2S. The normalized spacial score (nSPS) is 15.3. The third-order valence-electron chi connectivity index (χ3n) is 4.22. The molecule has 0 saturated carbocycles. The Labute approximate surface area is 145 Å². The molecule has 0 bridgehead atoms. The highest BCUT2D eigenvalue weighted by atomic mass is 32.1. The Balaban J connectivity index is 1.96. The van der Waals surface area contributed by atoms with Crippen molar-refractivity contribution in [3.8, 4) is 0 Å². The summed E-state index contributed by atoms with van der Waals surface area (Å²) in [6.45, 7) is 7.65. The van der Waals surface area contributed by atoms with Crippen molar-refractivity contribution in [2.75, 3.05) is 49.5 Å². The molecule has 0 spiro atoms. The number of amides is 1. The van der Waals surface area contributed by atoms with Gasteiger partial charge in [-0.05, 0) is 16.9 Å². The summed E-state index contributed by atoms with van der Waals surface area (Å²) in [6, 6.07) is 0. The lowest BCUT2D eigenvalue weighted by molar-refractivity contribution is -0.118. The van der Waals surface area contributed by atoms with Crippen molar-refractivity contribution < 1.29 is 9.90 Å². The zero-order valence-electron chi connectivity index (χ0n) is 14.0. The summed E-state index contributed by atoms with van der Waals surface area (Å²) >= 11 is 1.63. The summed E-state index contributed by atoms with van der Waals surface area (Å²) in [5, 5.41) is 15.6. The summed E-state index contributed by atoms with van der Waals surface area (Å²) in [5.74, 6) is 1.86. The van der Waals surface area contributed by atoms with Gasteiger partial charge < -0.3 is 20.2 Å². The van der Waals surface area contributed by atoms with Crippen molar-refractivity contribution in [3.63, 3.8) is 0 Å². The quantitative estimate of drug-likeness (QED) is 0.769. The Kier molecular flexibility index (Phi) is 5.15. The zero-order valence-corrected chi connectivity index (χ0v) is 14.8. The molecule has 1 saturated heterocycles. The Morgan fingerprint density at radius 2 is 2.08 bits per heavy atom. The summed E-state index contributed by atoms with van der Waals surface area (Å²) in [4.78, 5) is 25.2. The largest absolute Gasteiger partial charge is 0.395 e. The molecule has 130 valence electrons. The fourth-order valence-electron chi connectivity index (χ4n) is 2.85. The zero-order chi connectivity index (χ0) is 17.1. The average molecular weight is 349 g/mol. The van der Waals surface area contributed by atoms with Gasteiger partial charge in [-0.1, -0.05) is 13.8 Å². The molecule has 24 heavy (non-hydrogen) atoms. The van der Waals surface area contributed by atoms with Gasteiger partial charge in [0, 0.05) is 32.7 Å². The molecule has 1 aliphatic rings. The maximum Gasteiger partial charge on any atom is 0.228 e. The molecule has 3 rings (SSSR count). The molecule has 0 atom stereocenters. The minimum Gasteiger partial charge on any atom is -0.395 e. The predicted molar refractivity (Wildman–Crippen MR) is 96.9 cm³/mol. The smallest absolute Gasteiger partial charge is 0.228 e. The van der Waals surface area contributed by atoms with Crippen molar-refractivity contribution in [3.05, 3.63) is 10.9 Å². The predicted octanol–water partition coefficient (Wildman–Crippen LogP) is 1.50. The fraction of sp³-hybridized carbons (Fsp3) is 0.562. The maximum absolute atomic E-state index is 10.9. The highest BCUT2D eigenvalue weighted by Gasteiger charge is 2.21. The Hall–Kier alpha value is -1.93. The lowest BCUT2D eigenvalue weighted by Gasteiger charge is -2.32. The van der Waals surface area contributed by atoms with Crippen molar-refractivity contribution in [2.24, 2.45) is 0 Å². The number of nitrogens with one attached hydrogen (secondary N) is 1. The van der Waals surface area contributed by atoms with Crippen LogP contribution in [0.5, 0.6) is 0 Å². The van der Waals surface area contributed by atoms with E-state index in [-0.39, 0.29) is 6.61 Å². The first-order valence-corrected chi connectivity index (χ1v) is 9.10. The molecular weight excluding hydrogens is 326 g/mol. The van der Waals surface area contributed by atoms with Crippen LogP contribution >= 0.6 is 11.3 Å². The number of hydrogen-bond donors (Lipinski definition) is 2. The van der Waals surface area contributed by atoms with Crippen molar-refractivity contribution in [1.82, 2.24) is 14.9 Å². The number of carbonyl (C=O) groups excluding carboxylic acids is 1. The van der Waals surface area contributed by atoms with Crippen LogP contribution in [-0.4, -0.2) is 65.7 Å². The minimum atomic E-state index is 0.0555. The highest BCUT2D eigenvalue weighted by Crippen LogP contribution is 2.35. The van der Waals surface area contributed by atoms with Gasteiger partial charge in [-0.2, -0.15) is 4.98 Å². The van der Waals surface area contributed by atoms with E-state index in [1.54, 1.807) is 16.2 Å². The van der Waals surface area contributed by atoms with E-state index in [2.05, 4.69) is 29.4 Å². The average Bonchev–Trinajstić information content (AvgIpc) is 3.04. The van der Waals surface area contributed by atoms with E-state index in [1.165, 1.54) is 5.56 Å². The van der Waals surface area contributed by atoms with Crippen LogP contribution in [-0.2, 0) is 4.79 Å². The van der Waals surface area contributed by atoms with Gasteiger partial charge in [0.1, 0.15) is 10.6 Å².